The number of pyridine rings is 1. The fourth-order valence-electron chi connectivity index (χ4n) is 3.21. The van der Waals surface area contributed by atoms with E-state index < -0.39 is 0 Å². The van der Waals surface area contributed by atoms with Gasteiger partial charge in [-0.25, -0.2) is 0 Å². The van der Waals surface area contributed by atoms with E-state index >= 15 is 0 Å². The first-order valence-electron chi connectivity index (χ1n) is 7.05. The molecule has 0 bridgehead atoms. The van der Waals surface area contributed by atoms with Crippen molar-refractivity contribution in [3.8, 4) is 0 Å². The zero-order valence-corrected chi connectivity index (χ0v) is 11.6. The Labute approximate surface area is 114 Å². The Morgan fingerprint density at radius 3 is 2.84 bits per heavy atom. The molecule has 3 nitrogen and oxygen atoms in total. The normalized spacial score (nSPS) is 23.8. The molecular weight excluding hydrogens is 234 g/mol. The van der Waals surface area contributed by atoms with Gasteiger partial charge in [-0.3, -0.25) is 4.98 Å². The van der Waals surface area contributed by atoms with E-state index in [0.717, 1.165) is 23.5 Å². The number of anilines is 2. The molecule has 19 heavy (non-hydrogen) atoms. The van der Waals surface area contributed by atoms with Crippen LogP contribution in [0.15, 0.2) is 30.6 Å². The van der Waals surface area contributed by atoms with Crippen LogP contribution in [0.4, 0.5) is 11.4 Å². The van der Waals surface area contributed by atoms with Gasteiger partial charge in [0.05, 0.1) is 0 Å². The van der Waals surface area contributed by atoms with Gasteiger partial charge in [-0.15, -0.1) is 0 Å². The summed E-state index contributed by atoms with van der Waals surface area (Å²) in [4.78, 5) is 6.71. The third-order valence-electron chi connectivity index (χ3n) is 4.28. The lowest BCUT2D eigenvalue weighted by atomic mass is 9.92. The van der Waals surface area contributed by atoms with Gasteiger partial charge >= 0.3 is 0 Å². The molecule has 2 atom stereocenters. The molecule has 0 radical (unpaired) electrons. The van der Waals surface area contributed by atoms with Crippen molar-refractivity contribution in [1.82, 2.24) is 4.98 Å². The van der Waals surface area contributed by atoms with Crippen LogP contribution in [0.2, 0.25) is 0 Å². The zero-order valence-electron chi connectivity index (χ0n) is 11.6. The molecule has 1 aromatic carbocycles. The zero-order chi connectivity index (χ0) is 13.4. The summed E-state index contributed by atoms with van der Waals surface area (Å²) in [5, 5.41) is 2.28. The minimum atomic E-state index is 0.587. The quantitative estimate of drug-likeness (QED) is 0.794. The van der Waals surface area contributed by atoms with E-state index in [9.17, 15) is 0 Å². The topological polar surface area (TPSA) is 42.1 Å². The summed E-state index contributed by atoms with van der Waals surface area (Å²) in [5.41, 5.74) is 8.16. The number of hydrogen-bond donors (Lipinski definition) is 1. The number of nitrogens with two attached hydrogens (primary N) is 1. The van der Waals surface area contributed by atoms with Crippen LogP contribution >= 0.6 is 0 Å². The average molecular weight is 255 g/mol. The molecule has 2 aromatic rings. The van der Waals surface area contributed by atoms with Crippen molar-refractivity contribution in [2.24, 2.45) is 5.92 Å². The number of nitrogen functional groups attached to an aromatic ring is 1. The van der Waals surface area contributed by atoms with Crippen molar-refractivity contribution in [1.29, 1.82) is 0 Å². The van der Waals surface area contributed by atoms with Crippen molar-refractivity contribution in [2.45, 2.75) is 32.7 Å². The Morgan fingerprint density at radius 1 is 1.21 bits per heavy atom. The maximum atomic E-state index is 6.05. The predicted octanol–water partition coefficient (Wildman–Crippen LogP) is 3.44. The fraction of sp³-hybridized carbons (Fsp3) is 0.438. The molecule has 1 aromatic heterocycles. The Kier molecular flexibility index (Phi) is 3.05. The summed E-state index contributed by atoms with van der Waals surface area (Å²) in [7, 11) is 0. The Balaban J connectivity index is 2.08. The molecular formula is C16H21N3. The molecule has 0 amide bonds. The first-order valence-corrected chi connectivity index (χ1v) is 7.05. The van der Waals surface area contributed by atoms with Gasteiger partial charge in [0.25, 0.3) is 0 Å². The first-order chi connectivity index (χ1) is 9.16. The minimum Gasteiger partial charge on any atom is -0.398 e. The molecule has 0 aliphatic carbocycles. The Morgan fingerprint density at radius 2 is 2.05 bits per heavy atom. The lowest BCUT2D eigenvalue weighted by Gasteiger charge is -2.39. The summed E-state index contributed by atoms with van der Waals surface area (Å²) >= 11 is 0. The van der Waals surface area contributed by atoms with E-state index in [0.29, 0.717) is 6.04 Å². The van der Waals surface area contributed by atoms with Crippen LogP contribution in [-0.4, -0.2) is 17.6 Å². The van der Waals surface area contributed by atoms with Crippen molar-refractivity contribution >= 4 is 22.1 Å². The molecule has 0 saturated carbocycles. The largest absolute Gasteiger partial charge is 0.398 e. The van der Waals surface area contributed by atoms with Gasteiger partial charge in [-0.1, -0.05) is 6.92 Å². The van der Waals surface area contributed by atoms with Crippen LogP contribution in [0.25, 0.3) is 10.8 Å². The summed E-state index contributed by atoms with van der Waals surface area (Å²) in [6, 6.07) is 6.82. The van der Waals surface area contributed by atoms with Crippen molar-refractivity contribution in [2.75, 3.05) is 17.2 Å². The lowest BCUT2D eigenvalue weighted by Crippen LogP contribution is -2.40. The van der Waals surface area contributed by atoms with E-state index in [1.165, 1.54) is 23.9 Å². The van der Waals surface area contributed by atoms with Crippen LogP contribution in [0.3, 0.4) is 0 Å². The van der Waals surface area contributed by atoms with Crippen LogP contribution in [0.1, 0.15) is 26.7 Å². The number of nitrogens with zero attached hydrogens (tertiary/aromatic N) is 2. The molecule has 3 heteroatoms. The number of hydrogen-bond acceptors (Lipinski definition) is 3. The van der Waals surface area contributed by atoms with Gasteiger partial charge in [0.2, 0.25) is 0 Å². The smallest absolute Gasteiger partial charge is 0.0450 e. The van der Waals surface area contributed by atoms with Gasteiger partial charge in [-0.2, -0.15) is 0 Å². The maximum Gasteiger partial charge on any atom is 0.0450 e. The maximum absolute atomic E-state index is 6.05. The molecule has 2 unspecified atom stereocenters. The molecule has 100 valence electrons. The van der Waals surface area contributed by atoms with Gasteiger partial charge in [-0.05, 0) is 43.9 Å². The SMILES string of the molecule is CC1CCN(c2ccc(N)c3cnccc23)C(C)C1. The van der Waals surface area contributed by atoms with Crippen LogP contribution in [0.5, 0.6) is 0 Å². The second-order valence-electron chi connectivity index (χ2n) is 5.77. The molecule has 1 aliphatic heterocycles. The third kappa shape index (κ3) is 2.14. The molecule has 1 fully saturated rings. The van der Waals surface area contributed by atoms with Gasteiger partial charge < -0.3 is 10.6 Å². The molecule has 0 spiro atoms. The van der Waals surface area contributed by atoms with Crippen molar-refractivity contribution < 1.29 is 0 Å². The number of aromatic nitrogens is 1. The van der Waals surface area contributed by atoms with E-state index in [4.69, 9.17) is 5.73 Å². The third-order valence-corrected chi connectivity index (χ3v) is 4.28. The number of benzene rings is 1. The second-order valence-corrected chi connectivity index (χ2v) is 5.77. The molecule has 1 aliphatic rings. The highest BCUT2D eigenvalue weighted by molar-refractivity contribution is 6.00. The van der Waals surface area contributed by atoms with Crippen LogP contribution in [-0.2, 0) is 0 Å². The number of piperidine rings is 1. The fourth-order valence-corrected chi connectivity index (χ4v) is 3.21. The van der Waals surface area contributed by atoms with Crippen molar-refractivity contribution in [3.63, 3.8) is 0 Å². The standard InChI is InChI=1S/C16H21N3/c1-11-6-8-19(12(2)9-11)16-4-3-15(17)14-10-18-7-5-13(14)16/h3-5,7,10-12H,6,8-9,17H2,1-2H3. The van der Waals surface area contributed by atoms with E-state index in [2.05, 4.69) is 35.9 Å². The molecule has 1 saturated heterocycles. The minimum absolute atomic E-state index is 0.587. The van der Waals surface area contributed by atoms with Crippen LogP contribution < -0.4 is 10.6 Å². The number of fused-ring (bicyclic) bond motifs is 1. The first kappa shape index (κ1) is 12.3. The summed E-state index contributed by atoms with van der Waals surface area (Å²) in [6.45, 7) is 5.79. The average Bonchev–Trinajstić information content (AvgIpc) is 2.41. The summed E-state index contributed by atoms with van der Waals surface area (Å²) in [5.74, 6) is 0.827. The lowest BCUT2D eigenvalue weighted by molar-refractivity contribution is 0.378. The van der Waals surface area contributed by atoms with E-state index in [1.54, 1.807) is 0 Å². The monoisotopic (exact) mass is 255 g/mol. The summed E-state index contributed by atoms with van der Waals surface area (Å²) < 4.78 is 0. The Bertz CT molecular complexity index is 594. The van der Waals surface area contributed by atoms with Crippen LogP contribution in [0, 0.1) is 5.92 Å². The summed E-state index contributed by atoms with van der Waals surface area (Å²) in [6.07, 6.45) is 6.24. The highest BCUT2D eigenvalue weighted by atomic mass is 15.2. The van der Waals surface area contributed by atoms with Crippen molar-refractivity contribution in [3.05, 3.63) is 30.6 Å². The van der Waals surface area contributed by atoms with Gasteiger partial charge in [0.15, 0.2) is 0 Å². The molecule has 2 heterocycles. The Hall–Kier alpha value is -1.77. The molecule has 2 N–H and O–H groups in total. The molecule has 3 rings (SSSR count). The van der Waals surface area contributed by atoms with E-state index in [-0.39, 0.29) is 0 Å². The van der Waals surface area contributed by atoms with Gasteiger partial charge in [0.1, 0.15) is 0 Å². The second kappa shape index (κ2) is 4.72. The highest BCUT2D eigenvalue weighted by Crippen LogP contribution is 2.34. The number of rotatable bonds is 1. The highest BCUT2D eigenvalue weighted by Gasteiger charge is 2.24. The van der Waals surface area contributed by atoms with E-state index in [1.807, 2.05) is 18.5 Å². The predicted molar refractivity (Wildman–Crippen MR) is 81.4 cm³/mol. The van der Waals surface area contributed by atoms with Gasteiger partial charge in [0, 0.05) is 47.1 Å².